The standard InChI is InChI=1S/C31H52OSi/c1-21(2)33(22(3)4,23(5)6)32-31(10)19-12-18-30(9)27-16-15-25-24(7)13-11-14-26(25)29(27,8)20-17-28(30)31/h11,13-14,21-23,27-28H,12,15-20H2,1-10H3/t27-,28+,29-,30+,31-/m0/s1. The van der Waals surface area contributed by atoms with E-state index in [9.17, 15) is 0 Å². The highest BCUT2D eigenvalue weighted by atomic mass is 28.4. The maximum absolute atomic E-state index is 7.73. The Morgan fingerprint density at radius 3 is 2.09 bits per heavy atom. The van der Waals surface area contributed by atoms with Crippen molar-refractivity contribution in [3.05, 3.63) is 34.9 Å². The third-order valence-electron chi connectivity index (χ3n) is 11.3. The highest BCUT2D eigenvalue weighted by Gasteiger charge is 2.63. The van der Waals surface area contributed by atoms with Gasteiger partial charge in [-0.3, -0.25) is 0 Å². The van der Waals surface area contributed by atoms with Crippen molar-refractivity contribution in [2.75, 3.05) is 0 Å². The smallest absolute Gasteiger partial charge is 0.201 e. The predicted molar refractivity (Wildman–Crippen MR) is 146 cm³/mol. The molecule has 5 atom stereocenters. The van der Waals surface area contributed by atoms with Crippen molar-refractivity contribution in [1.82, 2.24) is 0 Å². The zero-order valence-electron chi connectivity index (χ0n) is 23.5. The molecule has 1 nitrogen and oxygen atoms in total. The highest BCUT2D eigenvalue weighted by Crippen LogP contribution is 2.66. The van der Waals surface area contributed by atoms with Crippen molar-refractivity contribution in [3.8, 4) is 0 Å². The van der Waals surface area contributed by atoms with Gasteiger partial charge in [0.1, 0.15) is 0 Å². The molecule has 2 saturated carbocycles. The molecule has 0 aromatic heterocycles. The Morgan fingerprint density at radius 1 is 0.848 bits per heavy atom. The summed E-state index contributed by atoms with van der Waals surface area (Å²) in [6.07, 6.45) is 9.25. The Kier molecular flexibility index (Phi) is 6.57. The molecule has 0 spiro atoms. The molecule has 186 valence electrons. The summed E-state index contributed by atoms with van der Waals surface area (Å²) in [7, 11) is -1.92. The van der Waals surface area contributed by atoms with Gasteiger partial charge < -0.3 is 4.43 Å². The van der Waals surface area contributed by atoms with E-state index in [0.717, 1.165) is 5.92 Å². The van der Waals surface area contributed by atoms with Crippen molar-refractivity contribution >= 4 is 8.32 Å². The molecule has 0 bridgehead atoms. The van der Waals surface area contributed by atoms with Crippen LogP contribution in [0.4, 0.5) is 0 Å². The van der Waals surface area contributed by atoms with Crippen LogP contribution >= 0.6 is 0 Å². The van der Waals surface area contributed by atoms with Gasteiger partial charge in [-0.25, -0.2) is 0 Å². The third-order valence-corrected chi connectivity index (χ3v) is 17.5. The normalized spacial score (nSPS) is 36.6. The summed E-state index contributed by atoms with van der Waals surface area (Å²) in [6.45, 7) is 24.9. The van der Waals surface area contributed by atoms with E-state index in [1.165, 1.54) is 50.5 Å². The molecule has 3 aliphatic rings. The number of aryl methyl sites for hydroxylation is 1. The van der Waals surface area contributed by atoms with Gasteiger partial charge >= 0.3 is 0 Å². The second kappa shape index (κ2) is 8.51. The summed E-state index contributed by atoms with van der Waals surface area (Å²) < 4.78 is 7.73. The zero-order chi connectivity index (χ0) is 24.4. The number of fused-ring (bicyclic) bond motifs is 5. The van der Waals surface area contributed by atoms with E-state index in [4.69, 9.17) is 4.43 Å². The van der Waals surface area contributed by atoms with Crippen LogP contribution in [0.25, 0.3) is 0 Å². The van der Waals surface area contributed by atoms with Gasteiger partial charge in [0.25, 0.3) is 0 Å². The van der Waals surface area contributed by atoms with Crippen LogP contribution in [0.2, 0.25) is 16.6 Å². The molecule has 33 heavy (non-hydrogen) atoms. The summed E-state index contributed by atoms with van der Waals surface area (Å²) in [5.74, 6) is 1.46. The second-order valence-electron chi connectivity index (χ2n) is 13.8. The van der Waals surface area contributed by atoms with Crippen molar-refractivity contribution in [2.24, 2.45) is 17.3 Å². The van der Waals surface area contributed by atoms with Gasteiger partial charge in [0.15, 0.2) is 0 Å². The van der Waals surface area contributed by atoms with Crippen molar-refractivity contribution in [2.45, 2.75) is 142 Å². The monoisotopic (exact) mass is 468 g/mol. The van der Waals surface area contributed by atoms with Crippen LogP contribution in [0.15, 0.2) is 18.2 Å². The second-order valence-corrected chi connectivity index (χ2v) is 19.2. The van der Waals surface area contributed by atoms with E-state index in [0.29, 0.717) is 33.4 Å². The zero-order valence-corrected chi connectivity index (χ0v) is 24.5. The summed E-state index contributed by atoms with van der Waals surface area (Å²) in [5.41, 5.74) is 7.56. The Balaban J connectivity index is 1.74. The molecule has 0 heterocycles. The molecule has 3 aliphatic carbocycles. The van der Waals surface area contributed by atoms with E-state index in [1.54, 1.807) is 11.1 Å². The molecule has 1 aromatic carbocycles. The van der Waals surface area contributed by atoms with Gasteiger partial charge in [0.05, 0.1) is 5.60 Å². The van der Waals surface area contributed by atoms with Crippen LogP contribution in [-0.4, -0.2) is 13.9 Å². The van der Waals surface area contributed by atoms with Gasteiger partial charge in [0, 0.05) is 0 Å². The fourth-order valence-corrected chi connectivity index (χ4v) is 15.7. The minimum Gasteiger partial charge on any atom is -0.411 e. The first kappa shape index (κ1) is 25.5. The fourth-order valence-electron chi connectivity index (χ4n) is 9.97. The molecule has 0 saturated heterocycles. The molecule has 0 aliphatic heterocycles. The van der Waals surface area contributed by atoms with Gasteiger partial charge in [-0.1, -0.05) is 80.0 Å². The molecule has 2 fully saturated rings. The van der Waals surface area contributed by atoms with Crippen LogP contribution in [0.1, 0.15) is 118 Å². The number of hydrogen-bond acceptors (Lipinski definition) is 1. The highest BCUT2D eigenvalue weighted by molar-refractivity contribution is 6.77. The van der Waals surface area contributed by atoms with Gasteiger partial charge in [-0.2, -0.15) is 0 Å². The van der Waals surface area contributed by atoms with Crippen LogP contribution in [0.3, 0.4) is 0 Å². The molecule has 0 radical (unpaired) electrons. The lowest BCUT2D eigenvalue weighted by Gasteiger charge is -2.66. The van der Waals surface area contributed by atoms with Crippen LogP contribution in [0, 0.1) is 24.2 Å². The first-order valence-electron chi connectivity index (χ1n) is 14.1. The van der Waals surface area contributed by atoms with Crippen LogP contribution in [0.5, 0.6) is 0 Å². The third kappa shape index (κ3) is 3.63. The maximum Gasteiger partial charge on any atom is 0.201 e. The molecular formula is C31H52OSi. The molecule has 1 aromatic rings. The van der Waals surface area contributed by atoms with Crippen LogP contribution in [-0.2, 0) is 16.3 Å². The van der Waals surface area contributed by atoms with E-state index < -0.39 is 8.32 Å². The first-order valence-corrected chi connectivity index (χ1v) is 16.3. The van der Waals surface area contributed by atoms with Gasteiger partial charge in [-0.05, 0) is 108 Å². The molecule has 4 rings (SSSR count). The lowest BCUT2D eigenvalue weighted by atomic mass is 9.42. The lowest BCUT2D eigenvalue weighted by Crippen LogP contribution is -2.64. The minimum atomic E-state index is -1.92. The molecular weight excluding hydrogens is 416 g/mol. The first-order chi connectivity index (χ1) is 15.3. The lowest BCUT2D eigenvalue weighted by molar-refractivity contribution is -0.152. The average Bonchev–Trinajstić information content (AvgIpc) is 2.71. The Bertz CT molecular complexity index is 850. The Hall–Kier alpha value is -0.603. The predicted octanol–water partition coefficient (Wildman–Crippen LogP) is 9.37. The summed E-state index contributed by atoms with van der Waals surface area (Å²) >= 11 is 0. The average molecular weight is 469 g/mol. The van der Waals surface area contributed by atoms with E-state index in [-0.39, 0.29) is 5.60 Å². The molecule has 2 heteroatoms. The topological polar surface area (TPSA) is 9.23 Å². The fraction of sp³-hybridized carbons (Fsp3) is 0.806. The van der Waals surface area contributed by atoms with Crippen LogP contribution < -0.4 is 0 Å². The van der Waals surface area contributed by atoms with Crippen molar-refractivity contribution in [1.29, 1.82) is 0 Å². The van der Waals surface area contributed by atoms with Gasteiger partial charge in [-0.15, -0.1) is 0 Å². The summed E-state index contributed by atoms with van der Waals surface area (Å²) in [5, 5.41) is 0. The van der Waals surface area contributed by atoms with E-state index in [2.05, 4.69) is 87.4 Å². The SMILES string of the molecule is Cc1cccc2c1CC[C@@H]1[C@@]3(C)CCC[C@](C)(O[Si](C(C)C)(C(C)C)C(C)C)[C@@H]3CC[C@@]21C. The molecule has 0 amide bonds. The van der Waals surface area contributed by atoms with Crippen molar-refractivity contribution in [3.63, 3.8) is 0 Å². The van der Waals surface area contributed by atoms with Gasteiger partial charge in [0.2, 0.25) is 8.32 Å². The molecule has 0 unspecified atom stereocenters. The maximum atomic E-state index is 7.73. The number of benzene rings is 1. The minimum absolute atomic E-state index is 0.0340. The van der Waals surface area contributed by atoms with Crippen molar-refractivity contribution < 1.29 is 4.43 Å². The number of hydrogen-bond donors (Lipinski definition) is 0. The Morgan fingerprint density at radius 2 is 1.48 bits per heavy atom. The quantitative estimate of drug-likeness (QED) is 0.391. The van der Waals surface area contributed by atoms with E-state index in [1.807, 2.05) is 0 Å². The van der Waals surface area contributed by atoms with E-state index >= 15 is 0 Å². The summed E-state index contributed by atoms with van der Waals surface area (Å²) in [4.78, 5) is 0. The number of rotatable bonds is 5. The molecule has 0 N–H and O–H groups in total. The largest absolute Gasteiger partial charge is 0.411 e. The summed E-state index contributed by atoms with van der Waals surface area (Å²) in [6, 6.07) is 7.12. The Labute approximate surface area is 206 Å².